The Balaban J connectivity index is 1.75. The molecule has 0 atom stereocenters. The molecule has 0 aliphatic heterocycles. The average molecular weight is 277 g/mol. The van der Waals surface area contributed by atoms with Crippen LogP contribution in [0.3, 0.4) is 0 Å². The first-order valence-electron chi connectivity index (χ1n) is 6.83. The van der Waals surface area contributed by atoms with Crippen molar-refractivity contribution in [3.63, 3.8) is 0 Å². The zero-order chi connectivity index (χ0) is 14.4. The number of nitrogens with one attached hydrogen (secondary N) is 1. The predicted octanol–water partition coefficient (Wildman–Crippen LogP) is 1.27. The van der Waals surface area contributed by atoms with Crippen molar-refractivity contribution in [2.45, 2.75) is 31.7 Å². The summed E-state index contributed by atoms with van der Waals surface area (Å²) in [5.74, 6) is -0.878. The van der Waals surface area contributed by atoms with Crippen LogP contribution in [0.1, 0.15) is 25.0 Å². The van der Waals surface area contributed by atoms with Gasteiger partial charge in [0.25, 0.3) is 0 Å². The Labute approximate surface area is 117 Å². The van der Waals surface area contributed by atoms with Crippen molar-refractivity contribution in [1.82, 2.24) is 15.2 Å². The molecule has 2 N–H and O–H groups in total. The van der Waals surface area contributed by atoms with E-state index in [9.17, 15) is 9.59 Å². The van der Waals surface area contributed by atoms with E-state index in [1.807, 2.05) is 18.2 Å². The first kappa shape index (κ1) is 14.3. The molecule has 6 nitrogen and oxygen atoms in total. The van der Waals surface area contributed by atoms with Gasteiger partial charge in [-0.25, -0.2) is 4.79 Å². The van der Waals surface area contributed by atoms with Gasteiger partial charge in [0.1, 0.15) is 0 Å². The van der Waals surface area contributed by atoms with Gasteiger partial charge in [-0.2, -0.15) is 0 Å². The van der Waals surface area contributed by atoms with Gasteiger partial charge in [-0.15, -0.1) is 0 Å². The minimum Gasteiger partial charge on any atom is -0.481 e. The Hall–Kier alpha value is -2.11. The van der Waals surface area contributed by atoms with E-state index in [0.29, 0.717) is 13.0 Å². The molecule has 1 fully saturated rings. The van der Waals surface area contributed by atoms with Gasteiger partial charge >= 0.3 is 12.0 Å². The van der Waals surface area contributed by atoms with E-state index in [1.165, 1.54) is 0 Å². The summed E-state index contributed by atoms with van der Waals surface area (Å²) in [7, 11) is 0. The molecule has 1 aromatic rings. The number of urea groups is 1. The third-order valence-electron chi connectivity index (χ3n) is 3.20. The van der Waals surface area contributed by atoms with Crippen LogP contribution in [0.4, 0.5) is 4.79 Å². The highest BCUT2D eigenvalue weighted by Gasteiger charge is 2.32. The number of carboxylic acid groups (broad SMARTS) is 1. The molecule has 1 aliphatic carbocycles. The van der Waals surface area contributed by atoms with E-state index in [-0.39, 0.29) is 25.0 Å². The Kier molecular flexibility index (Phi) is 4.92. The summed E-state index contributed by atoms with van der Waals surface area (Å²) < 4.78 is 0. The first-order chi connectivity index (χ1) is 9.66. The molecular formula is C14H19N3O3. The summed E-state index contributed by atoms with van der Waals surface area (Å²) in [6, 6.07) is 5.71. The lowest BCUT2D eigenvalue weighted by atomic mass is 10.3. The molecule has 2 amide bonds. The van der Waals surface area contributed by atoms with Crippen LogP contribution < -0.4 is 5.32 Å². The maximum atomic E-state index is 12.0. The molecular weight excluding hydrogens is 258 g/mol. The SMILES string of the molecule is O=C(O)CCN(C(=O)NCCc1ccccn1)C1CC1. The second kappa shape index (κ2) is 6.88. The summed E-state index contributed by atoms with van der Waals surface area (Å²) in [5.41, 5.74) is 0.927. The quantitative estimate of drug-likeness (QED) is 0.786. The van der Waals surface area contributed by atoms with E-state index < -0.39 is 5.97 Å². The topological polar surface area (TPSA) is 82.5 Å². The summed E-state index contributed by atoms with van der Waals surface area (Å²) in [4.78, 5) is 28.4. The van der Waals surface area contributed by atoms with Crippen LogP contribution in [0.2, 0.25) is 0 Å². The molecule has 0 saturated heterocycles. The molecule has 20 heavy (non-hydrogen) atoms. The fourth-order valence-corrected chi connectivity index (χ4v) is 2.00. The first-order valence-corrected chi connectivity index (χ1v) is 6.83. The van der Waals surface area contributed by atoms with Crippen molar-refractivity contribution in [3.05, 3.63) is 30.1 Å². The van der Waals surface area contributed by atoms with Crippen LogP contribution in [0.5, 0.6) is 0 Å². The molecule has 1 saturated carbocycles. The molecule has 1 aromatic heterocycles. The monoisotopic (exact) mass is 277 g/mol. The largest absolute Gasteiger partial charge is 0.481 e. The zero-order valence-electron chi connectivity index (χ0n) is 11.3. The van der Waals surface area contributed by atoms with Gasteiger partial charge < -0.3 is 15.3 Å². The smallest absolute Gasteiger partial charge is 0.317 e. The highest BCUT2D eigenvalue weighted by atomic mass is 16.4. The number of aliphatic carboxylic acids is 1. The van der Waals surface area contributed by atoms with E-state index >= 15 is 0 Å². The molecule has 0 unspecified atom stereocenters. The molecule has 1 heterocycles. The van der Waals surface area contributed by atoms with Gasteiger partial charge in [0.15, 0.2) is 0 Å². The summed E-state index contributed by atoms with van der Waals surface area (Å²) >= 11 is 0. The van der Waals surface area contributed by atoms with Gasteiger partial charge in [0, 0.05) is 37.4 Å². The van der Waals surface area contributed by atoms with Crippen LogP contribution in [0, 0.1) is 0 Å². The number of aromatic nitrogens is 1. The molecule has 108 valence electrons. The van der Waals surface area contributed by atoms with Crippen LogP contribution in [0.15, 0.2) is 24.4 Å². The molecule has 2 rings (SSSR count). The predicted molar refractivity (Wildman–Crippen MR) is 73.3 cm³/mol. The van der Waals surface area contributed by atoms with Crippen molar-refractivity contribution in [2.24, 2.45) is 0 Å². The highest BCUT2D eigenvalue weighted by Crippen LogP contribution is 2.26. The molecule has 1 aliphatic rings. The van der Waals surface area contributed by atoms with E-state index in [0.717, 1.165) is 18.5 Å². The maximum Gasteiger partial charge on any atom is 0.317 e. The van der Waals surface area contributed by atoms with Crippen molar-refractivity contribution in [3.8, 4) is 0 Å². The fraction of sp³-hybridized carbons (Fsp3) is 0.500. The number of carbonyl (C=O) groups is 2. The summed E-state index contributed by atoms with van der Waals surface area (Å²) in [6.45, 7) is 0.779. The Bertz CT molecular complexity index is 460. The van der Waals surface area contributed by atoms with Crippen LogP contribution >= 0.6 is 0 Å². The summed E-state index contributed by atoms with van der Waals surface area (Å²) in [5, 5.41) is 11.5. The molecule has 0 bridgehead atoms. The zero-order valence-corrected chi connectivity index (χ0v) is 11.3. The number of hydrogen-bond acceptors (Lipinski definition) is 3. The number of nitrogens with zero attached hydrogens (tertiary/aromatic N) is 2. The van der Waals surface area contributed by atoms with Crippen molar-refractivity contribution in [1.29, 1.82) is 0 Å². The number of hydrogen-bond donors (Lipinski definition) is 2. The Morgan fingerprint density at radius 2 is 2.20 bits per heavy atom. The van der Waals surface area contributed by atoms with Crippen LogP contribution in [-0.4, -0.2) is 46.1 Å². The molecule has 6 heteroatoms. The summed E-state index contributed by atoms with van der Waals surface area (Å²) in [6.07, 6.45) is 4.31. The van der Waals surface area contributed by atoms with E-state index in [4.69, 9.17) is 5.11 Å². The lowest BCUT2D eigenvalue weighted by Gasteiger charge is -2.22. The average Bonchev–Trinajstić information content (AvgIpc) is 3.24. The third-order valence-corrected chi connectivity index (χ3v) is 3.20. The second-order valence-corrected chi connectivity index (χ2v) is 4.87. The standard InChI is InChI=1S/C14H19N3O3/c18-13(19)7-10-17(12-4-5-12)14(20)16-9-6-11-3-1-2-8-15-11/h1-3,8,12H,4-7,9-10H2,(H,16,20)(H,18,19). The van der Waals surface area contributed by atoms with Crippen LogP contribution in [-0.2, 0) is 11.2 Å². The normalized spacial score (nSPS) is 13.8. The van der Waals surface area contributed by atoms with Crippen molar-refractivity contribution in [2.75, 3.05) is 13.1 Å². The van der Waals surface area contributed by atoms with E-state index in [1.54, 1.807) is 11.1 Å². The Morgan fingerprint density at radius 1 is 1.40 bits per heavy atom. The van der Waals surface area contributed by atoms with Crippen LogP contribution in [0.25, 0.3) is 0 Å². The molecule has 0 spiro atoms. The number of carbonyl (C=O) groups excluding carboxylic acids is 1. The lowest BCUT2D eigenvalue weighted by Crippen LogP contribution is -2.43. The highest BCUT2D eigenvalue weighted by molar-refractivity contribution is 5.76. The molecule has 0 radical (unpaired) electrons. The fourth-order valence-electron chi connectivity index (χ4n) is 2.00. The second-order valence-electron chi connectivity index (χ2n) is 4.87. The van der Waals surface area contributed by atoms with Gasteiger partial charge in [-0.05, 0) is 25.0 Å². The van der Waals surface area contributed by atoms with Gasteiger partial charge in [-0.1, -0.05) is 6.07 Å². The molecule has 0 aromatic carbocycles. The number of amides is 2. The van der Waals surface area contributed by atoms with Gasteiger partial charge in [0.05, 0.1) is 6.42 Å². The third kappa shape index (κ3) is 4.53. The van der Waals surface area contributed by atoms with Gasteiger partial charge in [-0.3, -0.25) is 9.78 Å². The van der Waals surface area contributed by atoms with E-state index in [2.05, 4.69) is 10.3 Å². The van der Waals surface area contributed by atoms with Crippen molar-refractivity contribution >= 4 is 12.0 Å². The minimum atomic E-state index is -0.878. The lowest BCUT2D eigenvalue weighted by molar-refractivity contribution is -0.137. The Morgan fingerprint density at radius 3 is 2.80 bits per heavy atom. The van der Waals surface area contributed by atoms with Gasteiger partial charge in [0.2, 0.25) is 0 Å². The number of carboxylic acids is 1. The maximum absolute atomic E-state index is 12.0. The van der Waals surface area contributed by atoms with Crippen molar-refractivity contribution < 1.29 is 14.7 Å². The number of pyridine rings is 1. The number of rotatable bonds is 7. The minimum absolute atomic E-state index is 0.00976.